The molecule has 1 heterocycles. The van der Waals surface area contributed by atoms with Crippen LogP contribution in [0.25, 0.3) is 0 Å². The van der Waals surface area contributed by atoms with E-state index in [9.17, 15) is 0 Å². The molecule has 3 aromatic carbocycles. The molecular formula is C21H21NP+. The van der Waals surface area contributed by atoms with Crippen LogP contribution in [0.1, 0.15) is 6.42 Å². The Morgan fingerprint density at radius 2 is 1.09 bits per heavy atom. The third-order valence-electron chi connectivity index (χ3n) is 4.68. The van der Waals surface area contributed by atoms with E-state index in [0.29, 0.717) is 0 Å². The Labute approximate surface area is 139 Å². The van der Waals surface area contributed by atoms with Gasteiger partial charge in [-0.05, 0) is 36.4 Å². The Kier molecular flexibility index (Phi) is 3.89. The Hall–Kier alpha value is -2.11. The van der Waals surface area contributed by atoms with Crippen LogP contribution in [0.15, 0.2) is 91.0 Å². The van der Waals surface area contributed by atoms with Crippen LogP contribution >= 0.6 is 7.41 Å². The van der Waals surface area contributed by atoms with Gasteiger partial charge in [0.1, 0.15) is 10.6 Å². The van der Waals surface area contributed by atoms with Gasteiger partial charge in [-0.1, -0.05) is 54.6 Å². The molecule has 0 amide bonds. The Balaban J connectivity index is 1.93. The summed E-state index contributed by atoms with van der Waals surface area (Å²) in [6.45, 7) is 1.14. The van der Waals surface area contributed by atoms with Crippen molar-refractivity contribution in [2.75, 3.05) is 17.4 Å². The third kappa shape index (κ3) is 2.46. The summed E-state index contributed by atoms with van der Waals surface area (Å²) in [6.07, 6.45) is 2.52. The summed E-state index contributed by atoms with van der Waals surface area (Å²) in [5.41, 5.74) is 1.35. The van der Waals surface area contributed by atoms with Crippen LogP contribution in [-0.4, -0.2) is 12.7 Å². The molecular weight excluding hydrogens is 297 g/mol. The maximum Gasteiger partial charge on any atom is 0.169 e. The largest absolute Gasteiger partial charge is 0.239 e. The third-order valence-corrected chi connectivity index (χ3v) is 9.21. The molecule has 1 fully saturated rings. The number of anilines is 1. The molecule has 2 heteroatoms. The van der Waals surface area contributed by atoms with Crippen molar-refractivity contribution in [3.8, 4) is 0 Å². The van der Waals surface area contributed by atoms with Crippen molar-refractivity contribution in [1.29, 1.82) is 0 Å². The summed E-state index contributed by atoms with van der Waals surface area (Å²) < 4.78 is 2.69. The van der Waals surface area contributed by atoms with Crippen molar-refractivity contribution in [1.82, 2.24) is 0 Å². The zero-order chi connectivity index (χ0) is 15.5. The van der Waals surface area contributed by atoms with E-state index >= 15 is 0 Å². The normalized spacial score (nSPS) is 16.4. The molecule has 0 saturated carbocycles. The summed E-state index contributed by atoms with van der Waals surface area (Å²) in [6, 6.07) is 33.2. The first-order valence-electron chi connectivity index (χ1n) is 8.24. The van der Waals surface area contributed by atoms with Crippen LogP contribution in [0, 0.1) is 0 Å². The first-order valence-corrected chi connectivity index (χ1v) is 10.2. The molecule has 3 aromatic rings. The molecule has 0 unspecified atom stereocenters. The summed E-state index contributed by atoms with van der Waals surface area (Å²) in [7, 11) is -1.55. The quantitative estimate of drug-likeness (QED) is 0.644. The lowest BCUT2D eigenvalue weighted by Gasteiger charge is -2.32. The minimum absolute atomic E-state index is 1.14. The van der Waals surface area contributed by atoms with E-state index in [4.69, 9.17) is 0 Å². The molecule has 0 radical (unpaired) electrons. The topological polar surface area (TPSA) is 3.24 Å². The van der Waals surface area contributed by atoms with Gasteiger partial charge < -0.3 is 0 Å². The highest BCUT2D eigenvalue weighted by molar-refractivity contribution is 7.91. The van der Waals surface area contributed by atoms with Crippen molar-refractivity contribution in [3.05, 3.63) is 91.0 Å². The molecule has 0 atom stereocenters. The van der Waals surface area contributed by atoms with Gasteiger partial charge in [0.25, 0.3) is 0 Å². The van der Waals surface area contributed by atoms with Gasteiger partial charge in [0.05, 0.1) is 18.4 Å². The zero-order valence-corrected chi connectivity index (χ0v) is 14.1. The second-order valence-corrected chi connectivity index (χ2v) is 9.48. The number of hydrogen-bond acceptors (Lipinski definition) is 1. The second-order valence-electron chi connectivity index (χ2n) is 5.98. The summed E-state index contributed by atoms with van der Waals surface area (Å²) >= 11 is 0. The fraction of sp³-hybridized carbons (Fsp3) is 0.143. The molecule has 23 heavy (non-hydrogen) atoms. The van der Waals surface area contributed by atoms with E-state index < -0.39 is 7.41 Å². The highest BCUT2D eigenvalue weighted by Gasteiger charge is 2.52. The number of nitrogens with zero attached hydrogens (tertiary/aromatic N) is 1. The molecule has 4 rings (SSSR count). The van der Waals surface area contributed by atoms with Crippen LogP contribution in [0.3, 0.4) is 0 Å². The summed E-state index contributed by atoms with van der Waals surface area (Å²) in [5, 5.41) is 2.99. The van der Waals surface area contributed by atoms with Crippen molar-refractivity contribution < 1.29 is 0 Å². The van der Waals surface area contributed by atoms with Crippen molar-refractivity contribution in [2.45, 2.75) is 6.42 Å². The molecule has 0 spiro atoms. The van der Waals surface area contributed by atoms with Gasteiger partial charge in [0, 0.05) is 6.42 Å². The molecule has 1 saturated heterocycles. The van der Waals surface area contributed by atoms with Crippen LogP contribution in [0.4, 0.5) is 5.69 Å². The van der Waals surface area contributed by atoms with Crippen LogP contribution in [0.2, 0.25) is 0 Å². The lowest BCUT2D eigenvalue weighted by molar-refractivity contribution is 0.989. The lowest BCUT2D eigenvalue weighted by atomic mass is 10.3. The zero-order valence-electron chi connectivity index (χ0n) is 13.2. The monoisotopic (exact) mass is 318 g/mol. The van der Waals surface area contributed by atoms with E-state index in [1.54, 1.807) is 0 Å². The Morgan fingerprint density at radius 1 is 0.609 bits per heavy atom. The van der Waals surface area contributed by atoms with E-state index in [0.717, 1.165) is 6.54 Å². The van der Waals surface area contributed by atoms with E-state index in [1.807, 2.05) is 0 Å². The number of hydrogen-bond donors (Lipinski definition) is 0. The predicted molar refractivity (Wildman–Crippen MR) is 102 cm³/mol. The molecule has 0 N–H and O–H groups in total. The molecule has 114 valence electrons. The molecule has 1 aliphatic rings. The maximum atomic E-state index is 2.69. The Bertz CT molecular complexity index is 716. The van der Waals surface area contributed by atoms with Crippen LogP contribution < -0.4 is 15.3 Å². The smallest absolute Gasteiger partial charge is 0.169 e. The van der Waals surface area contributed by atoms with E-state index in [2.05, 4.69) is 95.7 Å². The minimum Gasteiger partial charge on any atom is -0.239 e. The van der Waals surface area contributed by atoms with Crippen molar-refractivity contribution in [2.24, 2.45) is 0 Å². The molecule has 1 nitrogen and oxygen atoms in total. The predicted octanol–water partition coefficient (Wildman–Crippen LogP) is 4.48. The van der Waals surface area contributed by atoms with Gasteiger partial charge in [0.2, 0.25) is 0 Å². The highest BCUT2D eigenvalue weighted by Crippen LogP contribution is 2.64. The maximum absolute atomic E-state index is 2.69. The molecule has 0 aromatic heterocycles. The average molecular weight is 318 g/mol. The average Bonchev–Trinajstić information content (AvgIpc) is 3.10. The number of benzene rings is 3. The summed E-state index contributed by atoms with van der Waals surface area (Å²) in [5.74, 6) is 0. The van der Waals surface area contributed by atoms with Crippen molar-refractivity contribution >= 4 is 23.7 Å². The van der Waals surface area contributed by atoms with Gasteiger partial charge in [-0.15, -0.1) is 0 Å². The van der Waals surface area contributed by atoms with Gasteiger partial charge in [-0.2, -0.15) is 0 Å². The molecule has 0 bridgehead atoms. The van der Waals surface area contributed by atoms with Gasteiger partial charge in [0.15, 0.2) is 7.41 Å². The number of para-hydroxylation sites is 1. The van der Waals surface area contributed by atoms with Crippen LogP contribution in [-0.2, 0) is 0 Å². The summed E-state index contributed by atoms with van der Waals surface area (Å²) in [4.78, 5) is 0. The van der Waals surface area contributed by atoms with Crippen molar-refractivity contribution in [3.63, 3.8) is 0 Å². The first-order chi connectivity index (χ1) is 11.4. The standard InChI is InChI=1S/C21H21NP/c1-4-11-19(12-5-1)22-17-10-18-23(22,20-13-6-2-7-14-20)21-15-8-3-9-16-21/h1-9,11-16H,10,17-18H2/q+1. The number of rotatable bonds is 3. The van der Waals surface area contributed by atoms with Gasteiger partial charge in [-0.25, -0.2) is 4.67 Å². The minimum atomic E-state index is -1.55. The highest BCUT2D eigenvalue weighted by atomic mass is 31.2. The van der Waals surface area contributed by atoms with Crippen LogP contribution in [0.5, 0.6) is 0 Å². The lowest BCUT2D eigenvalue weighted by Crippen LogP contribution is -2.34. The SMILES string of the molecule is c1ccc(N2CCC[P+]2(c2ccccc2)c2ccccc2)cc1. The fourth-order valence-electron chi connectivity index (χ4n) is 3.70. The second kappa shape index (κ2) is 6.18. The Morgan fingerprint density at radius 3 is 1.61 bits per heavy atom. The molecule has 0 aliphatic carbocycles. The molecule has 1 aliphatic heterocycles. The van der Waals surface area contributed by atoms with Gasteiger partial charge in [-0.3, -0.25) is 0 Å². The van der Waals surface area contributed by atoms with Gasteiger partial charge >= 0.3 is 0 Å². The fourth-order valence-corrected chi connectivity index (χ4v) is 8.26. The van der Waals surface area contributed by atoms with E-state index in [1.165, 1.54) is 28.9 Å². The van der Waals surface area contributed by atoms with E-state index in [-0.39, 0.29) is 0 Å². The first kappa shape index (κ1) is 14.5.